The molecule has 1 fully saturated rings. The summed E-state index contributed by atoms with van der Waals surface area (Å²) in [7, 11) is 0. The molecular weight excluding hydrogens is 354 g/mol. The molecule has 1 amide bonds. The second kappa shape index (κ2) is 7.98. The molecule has 5 nitrogen and oxygen atoms in total. The molecule has 2 aliphatic rings. The molecule has 0 aliphatic heterocycles. The van der Waals surface area contributed by atoms with Gasteiger partial charge in [0, 0.05) is 17.0 Å². The number of rotatable bonds is 5. The van der Waals surface area contributed by atoms with Crippen molar-refractivity contribution in [2.45, 2.75) is 64.8 Å². The molecule has 1 heterocycles. The minimum absolute atomic E-state index is 0.121. The van der Waals surface area contributed by atoms with Gasteiger partial charge in [0.15, 0.2) is 6.61 Å². The smallest absolute Gasteiger partial charge is 0.310 e. The first kappa shape index (κ1) is 19.0. The van der Waals surface area contributed by atoms with Crippen LogP contribution in [0.15, 0.2) is 22.8 Å². The zero-order valence-corrected chi connectivity index (χ0v) is 16.8. The standard InChI is InChI=1S/C23H29NO4/c1-14-5-3-8-20(15(14)2)24-22(25)13-28-23(26)11-18-12-27-21-10-17-7-4-6-16(17)9-19(18)21/h9-10,12,14-15,20H,3-8,11,13H2,1-2H3,(H,24,25)/t14-,15+,20+/m0/s1. The number of esters is 1. The molecule has 3 atom stereocenters. The van der Waals surface area contributed by atoms with Crippen LogP contribution in [0.2, 0.25) is 0 Å². The third-order valence-corrected chi connectivity index (χ3v) is 6.62. The first-order valence-electron chi connectivity index (χ1n) is 10.5. The van der Waals surface area contributed by atoms with Crippen LogP contribution >= 0.6 is 0 Å². The molecular formula is C23H29NO4. The highest BCUT2D eigenvalue weighted by Gasteiger charge is 2.28. The van der Waals surface area contributed by atoms with Crippen LogP contribution in [0.1, 0.15) is 56.2 Å². The lowest BCUT2D eigenvalue weighted by atomic mass is 9.78. The Kier molecular flexibility index (Phi) is 5.42. The van der Waals surface area contributed by atoms with Gasteiger partial charge in [0.2, 0.25) is 0 Å². The van der Waals surface area contributed by atoms with E-state index >= 15 is 0 Å². The molecule has 0 spiro atoms. The van der Waals surface area contributed by atoms with Crippen molar-refractivity contribution < 1.29 is 18.7 Å². The Balaban J connectivity index is 1.31. The summed E-state index contributed by atoms with van der Waals surface area (Å²) in [5, 5.41) is 4.02. The number of furan rings is 1. The first-order valence-corrected chi connectivity index (χ1v) is 10.5. The van der Waals surface area contributed by atoms with Crippen molar-refractivity contribution in [2.75, 3.05) is 6.61 Å². The second-order valence-corrected chi connectivity index (χ2v) is 8.51. The van der Waals surface area contributed by atoms with Crippen molar-refractivity contribution >= 4 is 22.8 Å². The van der Waals surface area contributed by atoms with Gasteiger partial charge < -0.3 is 14.5 Å². The van der Waals surface area contributed by atoms with Gasteiger partial charge in [-0.3, -0.25) is 9.59 Å². The van der Waals surface area contributed by atoms with Crippen molar-refractivity contribution in [2.24, 2.45) is 11.8 Å². The summed E-state index contributed by atoms with van der Waals surface area (Å²) >= 11 is 0. The number of hydrogen-bond donors (Lipinski definition) is 1. The zero-order chi connectivity index (χ0) is 19.7. The zero-order valence-electron chi connectivity index (χ0n) is 16.8. The average molecular weight is 383 g/mol. The highest BCUT2D eigenvalue weighted by molar-refractivity contribution is 5.88. The van der Waals surface area contributed by atoms with Crippen molar-refractivity contribution in [3.8, 4) is 0 Å². The van der Waals surface area contributed by atoms with Crippen molar-refractivity contribution in [1.82, 2.24) is 5.32 Å². The van der Waals surface area contributed by atoms with E-state index in [1.54, 1.807) is 6.26 Å². The molecule has 1 aromatic carbocycles. The minimum Gasteiger partial charge on any atom is -0.464 e. The number of carbonyl (C=O) groups is 2. The summed E-state index contributed by atoms with van der Waals surface area (Å²) in [5.74, 6) is 0.447. The van der Waals surface area contributed by atoms with Crippen LogP contribution in [0, 0.1) is 11.8 Å². The van der Waals surface area contributed by atoms with E-state index in [9.17, 15) is 9.59 Å². The van der Waals surface area contributed by atoms with Crippen LogP contribution in [0.25, 0.3) is 11.0 Å². The fraction of sp³-hybridized carbons (Fsp3) is 0.565. The van der Waals surface area contributed by atoms with E-state index in [-0.39, 0.29) is 25.0 Å². The Morgan fingerprint density at radius 3 is 2.75 bits per heavy atom. The SMILES string of the molecule is C[C@@H]1[C@@H](C)CCC[C@H]1NC(=O)COC(=O)Cc1coc2cc3c(cc12)CCC3. The van der Waals surface area contributed by atoms with Crippen LogP contribution in [-0.4, -0.2) is 24.5 Å². The molecule has 28 heavy (non-hydrogen) atoms. The Bertz CT molecular complexity index is 884. The predicted octanol–water partition coefficient (Wildman–Crippen LogP) is 3.95. The summed E-state index contributed by atoms with van der Waals surface area (Å²) in [5.41, 5.74) is 4.34. The number of ether oxygens (including phenoxy) is 1. The molecule has 1 saturated carbocycles. The molecule has 0 unspecified atom stereocenters. The molecule has 5 heteroatoms. The maximum absolute atomic E-state index is 12.3. The molecule has 150 valence electrons. The van der Waals surface area contributed by atoms with Crippen molar-refractivity contribution in [3.63, 3.8) is 0 Å². The molecule has 2 aromatic rings. The van der Waals surface area contributed by atoms with Gasteiger partial charge in [0.1, 0.15) is 5.58 Å². The summed E-state index contributed by atoms with van der Waals surface area (Å²) in [4.78, 5) is 24.5. The normalized spacial score (nSPS) is 24.1. The van der Waals surface area contributed by atoms with Gasteiger partial charge in [0.05, 0.1) is 12.7 Å². The number of amides is 1. The highest BCUT2D eigenvalue weighted by atomic mass is 16.5. The van der Waals surface area contributed by atoms with E-state index in [4.69, 9.17) is 9.15 Å². The van der Waals surface area contributed by atoms with Gasteiger partial charge >= 0.3 is 5.97 Å². The van der Waals surface area contributed by atoms with Crippen molar-refractivity contribution in [1.29, 1.82) is 0 Å². The largest absolute Gasteiger partial charge is 0.464 e. The van der Waals surface area contributed by atoms with E-state index in [1.807, 2.05) is 0 Å². The summed E-state index contributed by atoms with van der Waals surface area (Å²) in [6.07, 6.45) is 8.44. The monoisotopic (exact) mass is 383 g/mol. The molecule has 1 aromatic heterocycles. The van der Waals surface area contributed by atoms with E-state index in [0.717, 1.165) is 42.2 Å². The van der Waals surface area contributed by atoms with Crippen molar-refractivity contribution in [3.05, 3.63) is 35.1 Å². The average Bonchev–Trinajstić information content (AvgIpc) is 3.28. The van der Waals surface area contributed by atoms with E-state index in [0.29, 0.717) is 11.8 Å². The summed E-state index contributed by atoms with van der Waals surface area (Å²) in [6.45, 7) is 4.19. The van der Waals surface area contributed by atoms with Crippen LogP contribution < -0.4 is 5.32 Å². The highest BCUT2D eigenvalue weighted by Crippen LogP contribution is 2.31. The molecule has 1 N–H and O–H groups in total. The summed E-state index contributed by atoms with van der Waals surface area (Å²) in [6, 6.07) is 4.41. The number of benzene rings is 1. The van der Waals surface area contributed by atoms with Gasteiger partial charge in [-0.1, -0.05) is 26.7 Å². The molecule has 0 radical (unpaired) electrons. The van der Waals surface area contributed by atoms with Gasteiger partial charge in [-0.2, -0.15) is 0 Å². The number of hydrogen-bond acceptors (Lipinski definition) is 4. The van der Waals surface area contributed by atoms with Crippen LogP contribution in [0.4, 0.5) is 0 Å². The van der Waals surface area contributed by atoms with Gasteiger partial charge in [-0.15, -0.1) is 0 Å². The molecule has 2 aliphatic carbocycles. The summed E-state index contributed by atoms with van der Waals surface area (Å²) < 4.78 is 10.9. The quantitative estimate of drug-likeness (QED) is 0.794. The third kappa shape index (κ3) is 3.94. The number of nitrogens with one attached hydrogen (secondary N) is 1. The Morgan fingerprint density at radius 2 is 1.93 bits per heavy atom. The molecule has 0 saturated heterocycles. The Labute approximate surface area is 165 Å². The van der Waals surface area contributed by atoms with Gasteiger partial charge in [0.25, 0.3) is 5.91 Å². The van der Waals surface area contributed by atoms with Crippen LogP contribution in [0.5, 0.6) is 0 Å². The maximum atomic E-state index is 12.3. The van der Waals surface area contributed by atoms with Crippen LogP contribution in [0.3, 0.4) is 0 Å². The van der Waals surface area contributed by atoms with E-state index in [1.165, 1.54) is 24.0 Å². The lowest BCUT2D eigenvalue weighted by Crippen LogP contribution is -2.45. The molecule has 0 bridgehead atoms. The Hall–Kier alpha value is -2.30. The van der Waals surface area contributed by atoms with Gasteiger partial charge in [-0.05, 0) is 60.8 Å². The molecule has 4 rings (SSSR count). The van der Waals surface area contributed by atoms with E-state index in [2.05, 4.69) is 31.3 Å². The minimum atomic E-state index is -0.400. The van der Waals surface area contributed by atoms with E-state index < -0.39 is 5.97 Å². The topological polar surface area (TPSA) is 68.5 Å². The number of fused-ring (bicyclic) bond motifs is 2. The Morgan fingerprint density at radius 1 is 1.14 bits per heavy atom. The fourth-order valence-electron chi connectivity index (χ4n) is 4.67. The van der Waals surface area contributed by atoms with Gasteiger partial charge in [-0.25, -0.2) is 0 Å². The number of aryl methyl sites for hydroxylation is 2. The fourth-order valence-corrected chi connectivity index (χ4v) is 4.67. The lowest BCUT2D eigenvalue weighted by molar-refractivity contribution is -0.148. The first-order chi connectivity index (χ1) is 13.5. The maximum Gasteiger partial charge on any atom is 0.310 e. The van der Waals surface area contributed by atoms with Crippen LogP contribution in [-0.2, 0) is 33.6 Å². The predicted molar refractivity (Wildman–Crippen MR) is 107 cm³/mol. The third-order valence-electron chi connectivity index (χ3n) is 6.62. The lowest BCUT2D eigenvalue weighted by Gasteiger charge is -2.34. The second-order valence-electron chi connectivity index (χ2n) is 8.51. The number of carbonyl (C=O) groups excluding carboxylic acids is 2.